The molecule has 0 atom stereocenters. The maximum absolute atomic E-state index is 13.1. The van der Waals surface area contributed by atoms with Gasteiger partial charge in [0.15, 0.2) is 5.78 Å². The third-order valence-corrected chi connectivity index (χ3v) is 4.75. The number of hydrogen-bond acceptors (Lipinski definition) is 2. The van der Waals surface area contributed by atoms with Crippen LogP contribution in [0.5, 0.6) is 0 Å². The molecule has 3 rings (SSSR count). The summed E-state index contributed by atoms with van der Waals surface area (Å²) >= 11 is 0. The predicted molar refractivity (Wildman–Crippen MR) is 83.1 cm³/mol. The lowest BCUT2D eigenvalue weighted by Gasteiger charge is -2.35. The molecular weight excluding hydrogens is 246 g/mol. The second-order valence-corrected chi connectivity index (χ2v) is 5.74. The van der Waals surface area contributed by atoms with Crippen LogP contribution < -0.4 is 5.32 Å². The van der Waals surface area contributed by atoms with Crippen molar-refractivity contribution in [1.29, 1.82) is 0 Å². The van der Waals surface area contributed by atoms with Crippen LogP contribution in [0.1, 0.15) is 36.5 Å². The number of ketones is 1. The van der Waals surface area contributed by atoms with Crippen LogP contribution >= 0.6 is 0 Å². The zero-order valence-electron chi connectivity index (χ0n) is 12.0. The fourth-order valence-electron chi connectivity index (χ4n) is 3.36. The first-order chi connectivity index (χ1) is 9.77. The minimum Gasteiger partial charge on any atom is -0.317 e. The van der Waals surface area contributed by atoms with Gasteiger partial charge in [-0.25, -0.2) is 0 Å². The van der Waals surface area contributed by atoms with Crippen molar-refractivity contribution in [3.05, 3.63) is 48.0 Å². The molecule has 2 aromatic carbocycles. The quantitative estimate of drug-likeness (QED) is 0.857. The van der Waals surface area contributed by atoms with Crippen LogP contribution in [0, 0.1) is 5.41 Å². The Morgan fingerprint density at radius 2 is 1.80 bits per heavy atom. The first-order valence-corrected chi connectivity index (χ1v) is 7.50. The maximum atomic E-state index is 13.1. The number of fused-ring (bicyclic) bond motifs is 1. The predicted octanol–water partition coefficient (Wildman–Crippen LogP) is 3.80. The molecule has 1 aliphatic rings. The second-order valence-electron chi connectivity index (χ2n) is 5.74. The van der Waals surface area contributed by atoms with E-state index >= 15 is 0 Å². The molecule has 1 fully saturated rings. The number of carbonyl (C=O) groups excluding carboxylic acids is 1. The van der Waals surface area contributed by atoms with Gasteiger partial charge in [0, 0.05) is 11.0 Å². The number of carbonyl (C=O) groups is 1. The summed E-state index contributed by atoms with van der Waals surface area (Å²) in [6.45, 7) is 4.04. The molecule has 1 saturated heterocycles. The lowest BCUT2D eigenvalue weighted by molar-refractivity contribution is 0.0719. The largest absolute Gasteiger partial charge is 0.317 e. The minimum absolute atomic E-state index is 0.171. The van der Waals surface area contributed by atoms with Gasteiger partial charge in [0.05, 0.1) is 0 Å². The highest BCUT2D eigenvalue weighted by atomic mass is 16.1. The molecule has 20 heavy (non-hydrogen) atoms. The molecular formula is C18H21NO. The van der Waals surface area contributed by atoms with E-state index in [-0.39, 0.29) is 5.41 Å². The van der Waals surface area contributed by atoms with E-state index < -0.39 is 0 Å². The highest BCUT2D eigenvalue weighted by Gasteiger charge is 2.38. The molecule has 0 radical (unpaired) electrons. The van der Waals surface area contributed by atoms with Crippen molar-refractivity contribution >= 4 is 16.6 Å². The molecule has 0 amide bonds. The standard InChI is InChI=1S/C18H21NO/c1-2-18(10-12-19-13-11-18)17(20)16-9-5-7-14-6-3-4-8-15(14)16/h3-9,19H,2,10-13H2,1H3. The van der Waals surface area contributed by atoms with Gasteiger partial charge in [0.2, 0.25) is 0 Å². The summed E-state index contributed by atoms with van der Waals surface area (Å²) < 4.78 is 0. The minimum atomic E-state index is -0.171. The van der Waals surface area contributed by atoms with Gasteiger partial charge in [-0.05, 0) is 43.1 Å². The van der Waals surface area contributed by atoms with E-state index in [1.54, 1.807) is 0 Å². The van der Waals surface area contributed by atoms with Crippen molar-refractivity contribution in [3.8, 4) is 0 Å². The van der Waals surface area contributed by atoms with Crippen molar-refractivity contribution in [1.82, 2.24) is 5.32 Å². The van der Waals surface area contributed by atoms with Crippen LogP contribution in [0.25, 0.3) is 10.8 Å². The van der Waals surface area contributed by atoms with Crippen LogP contribution in [0.3, 0.4) is 0 Å². The average Bonchev–Trinajstić information content (AvgIpc) is 2.54. The SMILES string of the molecule is CCC1(C(=O)c2cccc3ccccc23)CCNCC1. The van der Waals surface area contributed by atoms with Gasteiger partial charge in [-0.1, -0.05) is 49.4 Å². The van der Waals surface area contributed by atoms with Gasteiger partial charge in [0.25, 0.3) is 0 Å². The maximum Gasteiger partial charge on any atom is 0.169 e. The molecule has 2 heteroatoms. The van der Waals surface area contributed by atoms with Crippen molar-refractivity contribution in [2.24, 2.45) is 5.41 Å². The Hall–Kier alpha value is -1.67. The summed E-state index contributed by atoms with van der Waals surface area (Å²) in [4.78, 5) is 13.1. The number of benzene rings is 2. The highest BCUT2D eigenvalue weighted by Crippen LogP contribution is 2.37. The van der Waals surface area contributed by atoms with E-state index in [1.165, 1.54) is 0 Å². The molecule has 0 aliphatic carbocycles. The summed E-state index contributed by atoms with van der Waals surface area (Å²) in [5, 5.41) is 5.61. The molecule has 1 heterocycles. The summed E-state index contributed by atoms with van der Waals surface area (Å²) in [5.74, 6) is 0.332. The van der Waals surface area contributed by atoms with Crippen molar-refractivity contribution in [2.75, 3.05) is 13.1 Å². The Labute approximate surface area is 120 Å². The summed E-state index contributed by atoms with van der Waals surface area (Å²) in [5.41, 5.74) is 0.724. The first-order valence-electron chi connectivity index (χ1n) is 7.50. The smallest absolute Gasteiger partial charge is 0.169 e. The Kier molecular flexibility index (Phi) is 3.58. The lowest BCUT2D eigenvalue weighted by Crippen LogP contribution is -2.41. The van der Waals surface area contributed by atoms with Crippen molar-refractivity contribution < 1.29 is 4.79 Å². The molecule has 2 aromatic rings. The normalized spacial score (nSPS) is 18.1. The zero-order valence-corrected chi connectivity index (χ0v) is 12.0. The Bertz CT molecular complexity index is 621. The van der Waals surface area contributed by atoms with Gasteiger partial charge in [-0.3, -0.25) is 4.79 Å². The first kappa shape index (κ1) is 13.3. The average molecular weight is 267 g/mol. The number of rotatable bonds is 3. The number of nitrogens with one attached hydrogen (secondary N) is 1. The van der Waals surface area contributed by atoms with Crippen LogP contribution in [0.2, 0.25) is 0 Å². The van der Waals surface area contributed by atoms with Gasteiger partial charge in [-0.2, -0.15) is 0 Å². The highest BCUT2D eigenvalue weighted by molar-refractivity contribution is 6.10. The Balaban J connectivity index is 2.08. The molecule has 0 spiro atoms. The molecule has 104 valence electrons. The lowest BCUT2D eigenvalue weighted by atomic mass is 9.71. The van der Waals surface area contributed by atoms with E-state index in [0.29, 0.717) is 5.78 Å². The van der Waals surface area contributed by atoms with Crippen LogP contribution in [-0.2, 0) is 0 Å². The monoisotopic (exact) mass is 267 g/mol. The summed E-state index contributed by atoms with van der Waals surface area (Å²) in [6.07, 6.45) is 2.83. The summed E-state index contributed by atoms with van der Waals surface area (Å²) in [6, 6.07) is 14.2. The van der Waals surface area contributed by atoms with Gasteiger partial charge in [-0.15, -0.1) is 0 Å². The van der Waals surface area contributed by atoms with E-state index in [2.05, 4.69) is 30.4 Å². The third-order valence-electron chi connectivity index (χ3n) is 4.75. The molecule has 1 N–H and O–H groups in total. The van der Waals surface area contributed by atoms with E-state index in [4.69, 9.17) is 0 Å². The molecule has 0 bridgehead atoms. The molecule has 0 saturated carbocycles. The molecule has 1 aliphatic heterocycles. The van der Waals surface area contributed by atoms with Crippen molar-refractivity contribution in [2.45, 2.75) is 26.2 Å². The van der Waals surface area contributed by atoms with Gasteiger partial charge >= 0.3 is 0 Å². The van der Waals surface area contributed by atoms with Gasteiger partial charge in [0.1, 0.15) is 0 Å². The van der Waals surface area contributed by atoms with Gasteiger partial charge < -0.3 is 5.32 Å². The summed E-state index contributed by atoms with van der Waals surface area (Å²) in [7, 11) is 0. The fourth-order valence-corrected chi connectivity index (χ4v) is 3.36. The molecule has 0 unspecified atom stereocenters. The Morgan fingerprint density at radius 3 is 2.55 bits per heavy atom. The van der Waals surface area contributed by atoms with E-state index in [0.717, 1.165) is 48.7 Å². The zero-order chi connectivity index (χ0) is 14.0. The van der Waals surface area contributed by atoms with Crippen LogP contribution in [0.4, 0.5) is 0 Å². The molecule has 2 nitrogen and oxygen atoms in total. The molecule has 0 aromatic heterocycles. The Morgan fingerprint density at radius 1 is 1.10 bits per heavy atom. The van der Waals surface area contributed by atoms with Crippen LogP contribution in [0.15, 0.2) is 42.5 Å². The third kappa shape index (κ3) is 2.14. The fraction of sp³-hybridized carbons (Fsp3) is 0.389. The number of hydrogen-bond donors (Lipinski definition) is 1. The van der Waals surface area contributed by atoms with Crippen LogP contribution in [-0.4, -0.2) is 18.9 Å². The topological polar surface area (TPSA) is 29.1 Å². The van der Waals surface area contributed by atoms with Crippen molar-refractivity contribution in [3.63, 3.8) is 0 Å². The van der Waals surface area contributed by atoms with E-state index in [1.807, 2.05) is 24.3 Å². The van der Waals surface area contributed by atoms with E-state index in [9.17, 15) is 4.79 Å². The number of piperidine rings is 1. The number of Topliss-reactive ketones (excluding diaryl/α,β-unsaturated/α-hetero) is 1. The second kappa shape index (κ2) is 5.37.